The Morgan fingerprint density at radius 3 is 1.63 bits per heavy atom. The first-order valence-corrected chi connectivity index (χ1v) is 16.5. The third-order valence-electron chi connectivity index (χ3n) is 7.45. The predicted octanol–water partition coefficient (Wildman–Crippen LogP) is 0.259. The number of ether oxygens (including phenoxy) is 1. The maximum absolute atomic E-state index is 12.5. The average Bonchev–Trinajstić information content (AvgIpc) is 3.46. The highest BCUT2D eigenvalue weighted by Crippen LogP contribution is 2.45. The molecule has 2 aliphatic carbocycles. The molecule has 2 saturated carbocycles. The van der Waals surface area contributed by atoms with Gasteiger partial charge in [-0.2, -0.15) is 25.4 Å². The third kappa shape index (κ3) is 7.85. The molecule has 0 aromatic rings. The van der Waals surface area contributed by atoms with Crippen LogP contribution in [-0.4, -0.2) is 86.2 Å². The Labute approximate surface area is 242 Å². The fraction of sp³-hybridized carbons (Fsp3) is 0.720. The molecule has 0 aromatic heterocycles. The predicted molar refractivity (Wildman–Crippen MR) is 151 cm³/mol. The van der Waals surface area contributed by atoms with Crippen LogP contribution in [-0.2, 0) is 34.7 Å². The van der Waals surface area contributed by atoms with Crippen LogP contribution in [0.5, 0.6) is 0 Å². The van der Waals surface area contributed by atoms with E-state index in [1.807, 2.05) is 0 Å². The van der Waals surface area contributed by atoms with Crippen LogP contribution in [0.25, 0.3) is 0 Å². The van der Waals surface area contributed by atoms with E-state index in [0.717, 1.165) is 25.7 Å². The molecule has 0 aromatic carbocycles. The molecular weight excluding hydrogens is 576 g/mol. The molecule has 14 nitrogen and oxygen atoms in total. The van der Waals surface area contributed by atoms with E-state index in [0.29, 0.717) is 32.6 Å². The Bertz CT molecular complexity index is 1270. The maximum Gasteiger partial charge on any atom is 0.408 e. The number of carbonyl (C=O) groups is 3. The van der Waals surface area contributed by atoms with Gasteiger partial charge < -0.3 is 15.8 Å². The minimum absolute atomic E-state index is 0.128. The highest BCUT2D eigenvalue weighted by Gasteiger charge is 2.61. The van der Waals surface area contributed by atoms with Crippen LogP contribution in [0.2, 0.25) is 0 Å². The molecule has 2 heterocycles. The van der Waals surface area contributed by atoms with E-state index in [-0.39, 0.29) is 18.3 Å². The van der Waals surface area contributed by atoms with Gasteiger partial charge in [0.2, 0.25) is 0 Å². The van der Waals surface area contributed by atoms with Crippen molar-refractivity contribution in [1.82, 2.24) is 23.4 Å². The van der Waals surface area contributed by atoms with Gasteiger partial charge in [-0.15, -0.1) is 13.2 Å². The van der Waals surface area contributed by atoms with E-state index >= 15 is 0 Å². The van der Waals surface area contributed by atoms with E-state index < -0.39 is 55.0 Å². The van der Waals surface area contributed by atoms with Gasteiger partial charge in [-0.05, 0) is 59.3 Å². The molecule has 4 aliphatic rings. The van der Waals surface area contributed by atoms with Crippen LogP contribution in [0.3, 0.4) is 0 Å². The molecule has 0 spiro atoms. The molecule has 0 radical (unpaired) electrons. The molecule has 2 saturated heterocycles. The first-order valence-electron chi connectivity index (χ1n) is 13.6. The molecule has 4 rings (SSSR count). The van der Waals surface area contributed by atoms with Crippen LogP contribution in [0.1, 0.15) is 59.3 Å². The van der Waals surface area contributed by atoms with E-state index in [1.54, 1.807) is 26.8 Å². The van der Waals surface area contributed by atoms with Crippen molar-refractivity contribution >= 4 is 38.3 Å². The molecule has 4 atom stereocenters. The van der Waals surface area contributed by atoms with Gasteiger partial charge in [-0.3, -0.25) is 9.59 Å². The van der Waals surface area contributed by atoms with Gasteiger partial charge in [0.15, 0.2) is 0 Å². The number of hydrogen-bond donors (Lipinski definition) is 4. The summed E-state index contributed by atoms with van der Waals surface area (Å²) in [5.74, 6) is -1.85. The van der Waals surface area contributed by atoms with Gasteiger partial charge in [0.05, 0.1) is 0 Å². The van der Waals surface area contributed by atoms with Crippen LogP contribution < -0.4 is 20.5 Å². The van der Waals surface area contributed by atoms with Gasteiger partial charge in [0.1, 0.15) is 16.7 Å². The van der Waals surface area contributed by atoms with Crippen molar-refractivity contribution < 1.29 is 36.0 Å². The second-order valence-electron chi connectivity index (χ2n) is 11.8. The largest absolute Gasteiger partial charge is 0.444 e. The van der Waals surface area contributed by atoms with Crippen molar-refractivity contribution in [3.05, 3.63) is 25.3 Å². The summed E-state index contributed by atoms with van der Waals surface area (Å²) in [5.41, 5.74) is 2.65. The Morgan fingerprint density at radius 1 is 0.829 bits per heavy atom. The zero-order valence-corrected chi connectivity index (χ0v) is 25.5. The molecule has 16 heteroatoms. The second-order valence-corrected chi connectivity index (χ2v) is 15.2. The minimum Gasteiger partial charge on any atom is -0.444 e. The monoisotopic (exact) mass is 618 g/mol. The SMILES string of the molecule is C=C[C@@H]1C[C@]1(N)C(=O)NS(=O)(=O)N1CCCC1.C=C[C@@H]1C[C@]1(NC(=O)OC(C)(C)C)C(=O)NS(=O)(=O)N1CCCC1. The van der Waals surface area contributed by atoms with E-state index in [4.69, 9.17) is 10.5 Å². The van der Waals surface area contributed by atoms with Crippen molar-refractivity contribution in [1.29, 1.82) is 0 Å². The van der Waals surface area contributed by atoms with Crippen molar-refractivity contribution in [2.75, 3.05) is 26.2 Å². The fourth-order valence-corrected chi connectivity index (χ4v) is 7.36. The average molecular weight is 619 g/mol. The lowest BCUT2D eigenvalue weighted by Gasteiger charge is -2.24. The number of hydrogen-bond acceptors (Lipinski definition) is 9. The number of alkyl carbamates (subject to hydrolysis) is 1. The molecule has 0 unspecified atom stereocenters. The van der Waals surface area contributed by atoms with Gasteiger partial charge >= 0.3 is 26.5 Å². The number of rotatable bonds is 9. The lowest BCUT2D eigenvalue weighted by molar-refractivity contribution is -0.123. The molecule has 4 fully saturated rings. The zero-order chi connectivity index (χ0) is 30.9. The second kappa shape index (κ2) is 12.0. The fourth-order valence-electron chi connectivity index (χ4n) is 4.79. The summed E-state index contributed by atoms with van der Waals surface area (Å²) in [6.45, 7) is 14.0. The number of nitrogens with zero attached hydrogens (tertiary/aromatic N) is 2. The quantitative estimate of drug-likeness (QED) is 0.262. The molecule has 2 aliphatic heterocycles. The van der Waals surface area contributed by atoms with Crippen molar-refractivity contribution in [3.63, 3.8) is 0 Å². The smallest absolute Gasteiger partial charge is 0.408 e. The van der Waals surface area contributed by atoms with Crippen molar-refractivity contribution in [2.24, 2.45) is 17.6 Å². The Balaban J connectivity index is 0.000000239. The zero-order valence-electron chi connectivity index (χ0n) is 23.8. The molecule has 41 heavy (non-hydrogen) atoms. The van der Waals surface area contributed by atoms with Crippen molar-refractivity contribution in [2.45, 2.75) is 76.0 Å². The molecular formula is C25H42N6O8S2. The highest BCUT2D eigenvalue weighted by molar-refractivity contribution is 7.88. The summed E-state index contributed by atoms with van der Waals surface area (Å²) >= 11 is 0. The lowest BCUT2D eigenvalue weighted by Crippen LogP contribution is -2.54. The highest BCUT2D eigenvalue weighted by atomic mass is 32.2. The number of amides is 3. The lowest BCUT2D eigenvalue weighted by atomic mass is 10.2. The standard InChI is InChI=1S/C15H25N3O5S.C10H17N3O3S/c1-5-11-10-15(11,16-13(20)23-14(2,3)4)12(19)17-24(21,22)18-8-6-7-9-18;1-2-8-7-10(8,11)9(14)12-17(15,16)13-5-3-4-6-13/h5,11H,1,6-10H2,2-4H3,(H,16,20)(H,17,19);2,8H,1,3-7,11H2,(H,12,14)/t11-,15-;8-,10-/m11/s1. The van der Waals surface area contributed by atoms with Crippen molar-refractivity contribution in [3.8, 4) is 0 Å². The Hall–Kier alpha value is -2.53. The summed E-state index contributed by atoms with van der Waals surface area (Å²) in [5, 5.41) is 2.51. The summed E-state index contributed by atoms with van der Waals surface area (Å²) in [6.07, 6.45) is 6.30. The first-order chi connectivity index (χ1) is 18.9. The van der Waals surface area contributed by atoms with E-state index in [2.05, 4.69) is 27.9 Å². The molecule has 232 valence electrons. The third-order valence-corrected chi connectivity index (χ3v) is 10.4. The van der Waals surface area contributed by atoms with Gasteiger partial charge in [0, 0.05) is 38.0 Å². The van der Waals surface area contributed by atoms with Gasteiger partial charge in [-0.25, -0.2) is 14.2 Å². The number of nitrogens with one attached hydrogen (secondary N) is 3. The molecule has 3 amide bonds. The topological polar surface area (TPSA) is 197 Å². The summed E-state index contributed by atoms with van der Waals surface area (Å²) < 4.78 is 60.0. The van der Waals surface area contributed by atoms with Crippen LogP contribution >= 0.6 is 0 Å². The van der Waals surface area contributed by atoms with Gasteiger partial charge in [0.25, 0.3) is 11.8 Å². The summed E-state index contributed by atoms with van der Waals surface area (Å²) in [6, 6.07) is 0. The molecule has 5 N–H and O–H groups in total. The van der Waals surface area contributed by atoms with Crippen LogP contribution in [0.4, 0.5) is 4.79 Å². The normalized spacial score (nSPS) is 29.9. The number of nitrogens with two attached hydrogens (primary N) is 1. The number of carbonyl (C=O) groups excluding carboxylic acids is 3. The summed E-state index contributed by atoms with van der Waals surface area (Å²) in [7, 11) is -7.61. The first kappa shape index (κ1) is 33.0. The summed E-state index contributed by atoms with van der Waals surface area (Å²) in [4.78, 5) is 36.3. The van der Waals surface area contributed by atoms with Gasteiger partial charge in [-0.1, -0.05) is 12.2 Å². The Morgan fingerprint density at radius 2 is 1.27 bits per heavy atom. The van der Waals surface area contributed by atoms with E-state index in [9.17, 15) is 31.2 Å². The maximum atomic E-state index is 12.5. The van der Waals surface area contributed by atoms with Crippen LogP contribution in [0, 0.1) is 11.8 Å². The molecule has 0 bridgehead atoms. The van der Waals surface area contributed by atoms with E-state index in [1.165, 1.54) is 14.7 Å². The van der Waals surface area contributed by atoms with Crippen LogP contribution in [0.15, 0.2) is 25.3 Å². The Kier molecular flexibility index (Phi) is 9.64. The minimum atomic E-state index is -3.90.